The van der Waals surface area contributed by atoms with Crippen LogP contribution in [0.3, 0.4) is 0 Å². The van der Waals surface area contributed by atoms with Crippen LogP contribution in [-0.2, 0) is 22.4 Å². The number of nitrogens with zero attached hydrogens (tertiary/aromatic N) is 1. The molecule has 32 heavy (non-hydrogen) atoms. The fraction of sp³-hybridized carbons (Fsp3) is 0.250. The molecule has 1 unspecified atom stereocenters. The zero-order valence-corrected chi connectivity index (χ0v) is 18.4. The lowest BCUT2D eigenvalue weighted by Gasteiger charge is -2.27. The van der Waals surface area contributed by atoms with Gasteiger partial charge in [0.15, 0.2) is 6.10 Å². The molecule has 0 fully saturated rings. The van der Waals surface area contributed by atoms with Crippen molar-refractivity contribution >= 4 is 29.5 Å². The Morgan fingerprint density at radius 2 is 1.44 bits per heavy atom. The normalized spacial score (nSPS) is 13.2. The molecule has 4 nitrogen and oxygen atoms in total. The van der Waals surface area contributed by atoms with Crippen LogP contribution in [0.2, 0.25) is 0 Å². The molecular weight excluding hydrogens is 398 g/mol. The summed E-state index contributed by atoms with van der Waals surface area (Å²) >= 11 is 0. The van der Waals surface area contributed by atoms with E-state index < -0.39 is 12.1 Å². The molecule has 1 N–H and O–H groups in total. The van der Waals surface area contributed by atoms with Gasteiger partial charge in [-0.25, -0.2) is 4.79 Å². The van der Waals surface area contributed by atoms with Crippen LogP contribution in [0, 0.1) is 0 Å². The van der Waals surface area contributed by atoms with Gasteiger partial charge in [-0.15, -0.1) is 0 Å². The number of carboxylic acids is 1. The van der Waals surface area contributed by atoms with E-state index in [4.69, 9.17) is 4.74 Å². The van der Waals surface area contributed by atoms with Crippen LogP contribution < -0.4 is 4.90 Å². The number of hydrogen-bond acceptors (Lipinski definition) is 3. The number of carboxylic acid groups (broad SMARTS) is 1. The molecule has 0 spiro atoms. The predicted molar refractivity (Wildman–Crippen MR) is 130 cm³/mol. The van der Waals surface area contributed by atoms with Crippen molar-refractivity contribution in [1.29, 1.82) is 0 Å². The Hall–Kier alpha value is -3.37. The highest BCUT2D eigenvalue weighted by Gasteiger charge is 2.18. The first-order valence-corrected chi connectivity index (χ1v) is 11.2. The van der Waals surface area contributed by atoms with Gasteiger partial charge in [0.1, 0.15) is 0 Å². The molecule has 0 bridgehead atoms. The second-order valence-corrected chi connectivity index (χ2v) is 8.01. The Kier molecular flexibility index (Phi) is 7.03. The van der Waals surface area contributed by atoms with Crippen LogP contribution >= 0.6 is 0 Å². The first-order valence-electron chi connectivity index (χ1n) is 11.2. The number of para-hydroxylation sites is 2. The standard InChI is InChI=1S/C28H29NO3/c1-2-32-27(28(30)31)20-22-15-13-21(14-16-22)8-7-19-29-25-11-5-3-9-23(25)17-18-24-10-4-6-12-26(24)29/h3-6,9-18,27H,2,7-8,19-20H2,1H3,(H,30,31). The molecule has 1 heterocycles. The van der Waals surface area contributed by atoms with Gasteiger partial charge in [0.25, 0.3) is 0 Å². The number of aliphatic carboxylic acids is 1. The summed E-state index contributed by atoms with van der Waals surface area (Å²) in [5, 5.41) is 9.29. The molecule has 0 saturated heterocycles. The summed E-state index contributed by atoms with van der Waals surface area (Å²) < 4.78 is 5.33. The summed E-state index contributed by atoms with van der Waals surface area (Å²) in [7, 11) is 0. The van der Waals surface area contributed by atoms with Crippen molar-refractivity contribution in [2.24, 2.45) is 0 Å². The van der Waals surface area contributed by atoms with E-state index in [0.29, 0.717) is 13.0 Å². The third-order valence-corrected chi connectivity index (χ3v) is 5.83. The Morgan fingerprint density at radius 3 is 2.00 bits per heavy atom. The summed E-state index contributed by atoms with van der Waals surface area (Å²) in [6.45, 7) is 3.13. The largest absolute Gasteiger partial charge is 0.479 e. The highest BCUT2D eigenvalue weighted by atomic mass is 16.5. The Labute approximate surface area is 189 Å². The highest BCUT2D eigenvalue weighted by molar-refractivity contribution is 5.88. The number of carbonyl (C=O) groups is 1. The molecule has 1 aliphatic rings. The van der Waals surface area contributed by atoms with E-state index in [0.717, 1.165) is 24.9 Å². The highest BCUT2D eigenvalue weighted by Crippen LogP contribution is 2.36. The molecule has 0 aromatic heterocycles. The SMILES string of the molecule is CCOC(Cc1ccc(CCCN2c3ccccc3C=Cc3ccccc32)cc1)C(=O)O. The van der Waals surface area contributed by atoms with Crippen molar-refractivity contribution in [2.75, 3.05) is 18.1 Å². The number of aryl methyl sites for hydroxylation is 1. The second-order valence-electron chi connectivity index (χ2n) is 8.01. The smallest absolute Gasteiger partial charge is 0.333 e. The third-order valence-electron chi connectivity index (χ3n) is 5.83. The summed E-state index contributed by atoms with van der Waals surface area (Å²) in [5.41, 5.74) is 7.17. The Morgan fingerprint density at radius 1 is 0.875 bits per heavy atom. The number of rotatable bonds is 9. The molecule has 0 saturated carbocycles. The van der Waals surface area contributed by atoms with Crippen LogP contribution in [0.15, 0.2) is 72.8 Å². The van der Waals surface area contributed by atoms with Crippen molar-refractivity contribution in [2.45, 2.75) is 32.3 Å². The molecule has 3 aromatic carbocycles. The van der Waals surface area contributed by atoms with Gasteiger partial charge in [0.05, 0.1) is 0 Å². The number of ether oxygens (including phenoxy) is 1. The van der Waals surface area contributed by atoms with E-state index >= 15 is 0 Å². The van der Waals surface area contributed by atoms with Crippen LogP contribution in [0.5, 0.6) is 0 Å². The molecule has 3 aromatic rings. The van der Waals surface area contributed by atoms with E-state index in [9.17, 15) is 9.90 Å². The van der Waals surface area contributed by atoms with Crippen molar-refractivity contribution in [3.63, 3.8) is 0 Å². The number of benzene rings is 3. The lowest BCUT2D eigenvalue weighted by Crippen LogP contribution is -2.26. The van der Waals surface area contributed by atoms with Crippen LogP contribution in [0.1, 0.15) is 35.6 Å². The molecule has 0 amide bonds. The average molecular weight is 428 g/mol. The minimum atomic E-state index is -0.913. The van der Waals surface area contributed by atoms with Gasteiger partial charge in [0.2, 0.25) is 0 Å². The molecule has 0 aliphatic carbocycles. The average Bonchev–Trinajstić information content (AvgIpc) is 2.97. The maximum absolute atomic E-state index is 11.3. The van der Waals surface area contributed by atoms with Gasteiger partial charge in [-0.1, -0.05) is 72.8 Å². The monoisotopic (exact) mass is 427 g/mol. The second kappa shape index (κ2) is 10.3. The van der Waals surface area contributed by atoms with E-state index in [1.807, 2.05) is 19.1 Å². The molecule has 1 aliphatic heterocycles. The van der Waals surface area contributed by atoms with Gasteiger partial charge in [-0.3, -0.25) is 0 Å². The van der Waals surface area contributed by atoms with Crippen molar-refractivity contribution in [3.8, 4) is 0 Å². The van der Waals surface area contributed by atoms with Crippen molar-refractivity contribution in [1.82, 2.24) is 0 Å². The molecule has 4 rings (SSSR count). The molecular formula is C28H29NO3. The van der Waals surface area contributed by atoms with Crippen LogP contribution in [-0.4, -0.2) is 30.3 Å². The lowest BCUT2D eigenvalue weighted by atomic mass is 10.0. The van der Waals surface area contributed by atoms with E-state index in [2.05, 4.69) is 77.7 Å². The fourth-order valence-electron chi connectivity index (χ4n) is 4.21. The fourth-order valence-corrected chi connectivity index (χ4v) is 4.21. The molecule has 4 heteroatoms. The first-order chi connectivity index (χ1) is 15.7. The summed E-state index contributed by atoms with van der Waals surface area (Å²) in [6, 6.07) is 25.3. The summed E-state index contributed by atoms with van der Waals surface area (Å²) in [6.07, 6.45) is 5.96. The Bertz CT molecular complexity index is 1040. The van der Waals surface area contributed by atoms with Gasteiger partial charge in [-0.2, -0.15) is 0 Å². The first kappa shape index (κ1) is 21.8. The van der Waals surface area contributed by atoms with Crippen LogP contribution in [0.4, 0.5) is 11.4 Å². The Balaban J connectivity index is 1.42. The molecule has 1 atom stereocenters. The predicted octanol–water partition coefficient (Wildman–Crippen LogP) is 5.97. The topological polar surface area (TPSA) is 49.8 Å². The van der Waals surface area contributed by atoms with Gasteiger partial charge in [0, 0.05) is 30.9 Å². The zero-order valence-electron chi connectivity index (χ0n) is 18.4. The van der Waals surface area contributed by atoms with Crippen molar-refractivity contribution < 1.29 is 14.6 Å². The van der Waals surface area contributed by atoms with Gasteiger partial charge < -0.3 is 14.7 Å². The van der Waals surface area contributed by atoms with Gasteiger partial charge in [-0.05, 0) is 54.2 Å². The van der Waals surface area contributed by atoms with E-state index in [-0.39, 0.29) is 0 Å². The third kappa shape index (κ3) is 5.09. The van der Waals surface area contributed by atoms with E-state index in [1.54, 1.807) is 0 Å². The molecule has 0 radical (unpaired) electrons. The van der Waals surface area contributed by atoms with Gasteiger partial charge >= 0.3 is 5.97 Å². The number of fused-ring (bicyclic) bond motifs is 2. The summed E-state index contributed by atoms with van der Waals surface area (Å²) in [5.74, 6) is -0.913. The maximum Gasteiger partial charge on any atom is 0.333 e. The minimum Gasteiger partial charge on any atom is -0.479 e. The zero-order chi connectivity index (χ0) is 22.3. The quantitative estimate of drug-likeness (QED) is 0.457. The lowest BCUT2D eigenvalue weighted by molar-refractivity contribution is -0.149. The minimum absolute atomic E-state index is 0.387. The van der Waals surface area contributed by atoms with E-state index in [1.165, 1.54) is 28.1 Å². The number of hydrogen-bond donors (Lipinski definition) is 1. The van der Waals surface area contributed by atoms with Crippen LogP contribution in [0.25, 0.3) is 12.2 Å². The maximum atomic E-state index is 11.3. The molecule has 164 valence electrons. The number of anilines is 2. The van der Waals surface area contributed by atoms with Crippen molar-refractivity contribution in [3.05, 3.63) is 95.1 Å². The summed E-state index contributed by atoms with van der Waals surface area (Å²) in [4.78, 5) is 13.7.